The highest BCUT2D eigenvalue weighted by Gasteiger charge is 2.67. The van der Waals surface area contributed by atoms with Gasteiger partial charge in [0.15, 0.2) is 11.5 Å². The van der Waals surface area contributed by atoms with Gasteiger partial charge in [-0.15, -0.1) is 0 Å². The summed E-state index contributed by atoms with van der Waals surface area (Å²) in [5, 5.41) is 5.39. The minimum Gasteiger partial charge on any atom is -0.490 e. The van der Waals surface area contributed by atoms with E-state index in [1.165, 1.54) is 0 Å². The predicted octanol–water partition coefficient (Wildman–Crippen LogP) is 3.63. The third-order valence-corrected chi connectivity index (χ3v) is 7.17. The molecule has 1 aromatic rings. The Labute approximate surface area is 178 Å². The Balaban J connectivity index is 1.41. The second-order valence-corrected chi connectivity index (χ2v) is 8.94. The molecule has 7 heteroatoms. The Morgan fingerprint density at radius 3 is 2.28 bits per heavy atom. The standard InChI is InChI=1S/C22H23BrN2O4/c1-3-28-17-8-11(7-16(23)20(17)29-4-2)10-24-25-21(26)18-12-5-6-13(15-9-14(12)15)19(18)22(25)27/h5-8,10,12-15,18-19H,3-4,9H2,1-2H3/b24-10-/t12-,13-,14-,15-,18+,19+/m0/s1. The molecule has 1 heterocycles. The van der Waals surface area contributed by atoms with Crippen molar-refractivity contribution in [3.63, 3.8) is 0 Å². The van der Waals surface area contributed by atoms with Crippen LogP contribution in [-0.2, 0) is 9.59 Å². The lowest BCUT2D eigenvalue weighted by Crippen LogP contribution is -2.40. The van der Waals surface area contributed by atoms with Crippen molar-refractivity contribution in [3.05, 3.63) is 34.3 Å². The van der Waals surface area contributed by atoms with E-state index in [9.17, 15) is 9.59 Å². The van der Waals surface area contributed by atoms with Gasteiger partial charge in [-0.05, 0) is 77.6 Å². The van der Waals surface area contributed by atoms with E-state index in [-0.39, 0.29) is 35.5 Å². The summed E-state index contributed by atoms with van der Waals surface area (Å²) in [6.45, 7) is 4.83. The summed E-state index contributed by atoms with van der Waals surface area (Å²) in [4.78, 5) is 26.0. The smallest absolute Gasteiger partial charge is 0.254 e. The molecule has 0 radical (unpaired) electrons. The summed E-state index contributed by atoms with van der Waals surface area (Å²) >= 11 is 3.51. The van der Waals surface area contributed by atoms with E-state index < -0.39 is 0 Å². The van der Waals surface area contributed by atoms with Crippen molar-refractivity contribution in [2.24, 2.45) is 40.6 Å². The van der Waals surface area contributed by atoms with Gasteiger partial charge in [0.2, 0.25) is 0 Å². The summed E-state index contributed by atoms with van der Waals surface area (Å²) in [5.41, 5.74) is 0.725. The molecule has 1 aromatic carbocycles. The summed E-state index contributed by atoms with van der Waals surface area (Å²) in [6.07, 6.45) is 7.03. The number of halogens is 1. The number of benzene rings is 1. The number of carbonyl (C=O) groups is 2. The zero-order valence-electron chi connectivity index (χ0n) is 16.4. The zero-order chi connectivity index (χ0) is 20.3. The normalized spacial score (nSPS) is 34.0. The highest BCUT2D eigenvalue weighted by Crippen LogP contribution is 2.65. The molecule has 2 amide bonds. The van der Waals surface area contributed by atoms with Gasteiger partial charge in [-0.3, -0.25) is 9.59 Å². The number of amides is 2. The third-order valence-electron chi connectivity index (χ3n) is 6.58. The fourth-order valence-electron chi connectivity index (χ4n) is 5.39. The van der Waals surface area contributed by atoms with Gasteiger partial charge in [-0.2, -0.15) is 10.1 Å². The molecular weight excluding hydrogens is 436 g/mol. The lowest BCUT2D eigenvalue weighted by molar-refractivity contribution is -0.140. The number of ether oxygens (including phenoxy) is 2. The van der Waals surface area contributed by atoms with Crippen LogP contribution in [0.1, 0.15) is 25.8 Å². The number of carbonyl (C=O) groups excluding carboxylic acids is 2. The Kier molecular flexibility index (Phi) is 4.53. The van der Waals surface area contributed by atoms with Crippen LogP contribution in [0.2, 0.25) is 0 Å². The Bertz CT molecular complexity index is 907. The van der Waals surface area contributed by atoms with Crippen molar-refractivity contribution in [1.29, 1.82) is 0 Å². The largest absolute Gasteiger partial charge is 0.490 e. The van der Waals surface area contributed by atoms with Crippen LogP contribution < -0.4 is 9.47 Å². The molecular formula is C22H23BrN2O4. The Hall–Kier alpha value is -2.15. The van der Waals surface area contributed by atoms with E-state index in [1.807, 2.05) is 19.9 Å². The van der Waals surface area contributed by atoms with Crippen LogP contribution in [0, 0.1) is 35.5 Å². The van der Waals surface area contributed by atoms with E-state index in [4.69, 9.17) is 9.47 Å². The summed E-state index contributed by atoms with van der Waals surface area (Å²) in [7, 11) is 0. The first kappa shape index (κ1) is 18.9. The van der Waals surface area contributed by atoms with E-state index in [2.05, 4.69) is 33.2 Å². The van der Waals surface area contributed by atoms with Crippen LogP contribution >= 0.6 is 15.9 Å². The van der Waals surface area contributed by atoms with Crippen LogP contribution in [0.4, 0.5) is 0 Å². The molecule has 5 aliphatic rings. The molecule has 29 heavy (non-hydrogen) atoms. The van der Waals surface area contributed by atoms with Gasteiger partial charge in [0.05, 0.1) is 35.7 Å². The molecule has 2 bridgehead atoms. The minimum atomic E-state index is -0.232. The summed E-state index contributed by atoms with van der Waals surface area (Å²) < 4.78 is 12.1. The van der Waals surface area contributed by atoms with Gasteiger partial charge >= 0.3 is 0 Å². The van der Waals surface area contributed by atoms with Crippen molar-refractivity contribution >= 4 is 34.0 Å². The number of imide groups is 1. The maximum absolute atomic E-state index is 13.0. The predicted molar refractivity (Wildman–Crippen MR) is 111 cm³/mol. The zero-order valence-corrected chi connectivity index (χ0v) is 18.0. The first-order chi connectivity index (χ1) is 14.0. The molecule has 3 fully saturated rings. The SMILES string of the molecule is CCOc1cc(/C=N\N2C(=O)[C@@H]3[C@H]4C=C[C@@H]([C@@H]5C[C@@H]45)[C@H]3C2=O)cc(Br)c1OCC. The molecule has 152 valence electrons. The van der Waals surface area contributed by atoms with Crippen molar-refractivity contribution in [2.45, 2.75) is 20.3 Å². The van der Waals surface area contributed by atoms with Crippen LogP contribution in [0.25, 0.3) is 0 Å². The number of rotatable bonds is 6. The lowest BCUT2D eigenvalue weighted by atomic mass is 9.63. The maximum atomic E-state index is 13.0. The van der Waals surface area contributed by atoms with Crippen molar-refractivity contribution in [2.75, 3.05) is 13.2 Å². The van der Waals surface area contributed by atoms with Crippen LogP contribution in [0.15, 0.2) is 33.9 Å². The van der Waals surface area contributed by atoms with E-state index in [0.29, 0.717) is 36.5 Å². The lowest BCUT2D eigenvalue weighted by Gasteiger charge is -2.37. The topological polar surface area (TPSA) is 68.2 Å². The van der Waals surface area contributed by atoms with Gasteiger partial charge in [-0.25, -0.2) is 0 Å². The summed E-state index contributed by atoms with van der Waals surface area (Å²) in [6, 6.07) is 3.65. The number of hydrogen-bond acceptors (Lipinski definition) is 5. The van der Waals surface area contributed by atoms with Crippen LogP contribution in [0.3, 0.4) is 0 Å². The Morgan fingerprint density at radius 1 is 1.07 bits per heavy atom. The molecule has 1 saturated heterocycles. The van der Waals surface area contributed by atoms with Crippen LogP contribution in [-0.4, -0.2) is 36.3 Å². The average Bonchev–Trinajstić information content (AvgIpc) is 3.48. The monoisotopic (exact) mass is 458 g/mol. The van der Waals surface area contributed by atoms with Gasteiger partial charge in [0.1, 0.15) is 0 Å². The number of allylic oxidation sites excluding steroid dienone is 2. The van der Waals surface area contributed by atoms with Gasteiger partial charge < -0.3 is 9.47 Å². The molecule has 6 nitrogen and oxygen atoms in total. The first-order valence-electron chi connectivity index (χ1n) is 10.2. The number of hydrogen-bond donors (Lipinski definition) is 0. The average molecular weight is 459 g/mol. The molecule has 1 aliphatic heterocycles. The second-order valence-electron chi connectivity index (χ2n) is 8.08. The quantitative estimate of drug-likeness (QED) is 0.370. The van der Waals surface area contributed by atoms with Crippen molar-refractivity contribution in [1.82, 2.24) is 5.01 Å². The molecule has 6 rings (SSSR count). The molecule has 6 atom stereocenters. The fraction of sp³-hybridized carbons (Fsp3) is 0.500. The highest BCUT2D eigenvalue weighted by molar-refractivity contribution is 9.10. The second kappa shape index (κ2) is 6.97. The van der Waals surface area contributed by atoms with Gasteiger partial charge in [0.25, 0.3) is 11.8 Å². The molecule has 0 aromatic heterocycles. The van der Waals surface area contributed by atoms with E-state index in [0.717, 1.165) is 21.5 Å². The van der Waals surface area contributed by atoms with Gasteiger partial charge in [-0.1, -0.05) is 12.2 Å². The molecule has 0 N–H and O–H groups in total. The summed E-state index contributed by atoms with van der Waals surface area (Å²) in [5.74, 6) is 2.03. The van der Waals surface area contributed by atoms with Crippen molar-refractivity contribution in [3.8, 4) is 11.5 Å². The fourth-order valence-corrected chi connectivity index (χ4v) is 5.96. The molecule has 0 spiro atoms. The molecule has 4 aliphatic carbocycles. The molecule has 2 saturated carbocycles. The maximum Gasteiger partial charge on any atom is 0.254 e. The van der Waals surface area contributed by atoms with Crippen molar-refractivity contribution < 1.29 is 19.1 Å². The third kappa shape index (κ3) is 2.85. The van der Waals surface area contributed by atoms with E-state index in [1.54, 1.807) is 12.3 Å². The minimum absolute atomic E-state index is 0.156. The number of hydrazone groups is 1. The van der Waals surface area contributed by atoms with E-state index >= 15 is 0 Å². The highest BCUT2D eigenvalue weighted by atomic mass is 79.9. The number of nitrogens with zero attached hydrogens (tertiary/aromatic N) is 2. The van der Waals surface area contributed by atoms with Crippen LogP contribution in [0.5, 0.6) is 11.5 Å². The first-order valence-corrected chi connectivity index (χ1v) is 11.0. The van der Waals surface area contributed by atoms with Gasteiger partial charge in [0, 0.05) is 0 Å². The molecule has 0 unspecified atom stereocenters. The Morgan fingerprint density at radius 2 is 1.69 bits per heavy atom.